The molecule has 0 bridgehead atoms. The minimum absolute atomic E-state index is 0.00551. The number of benzene rings is 2. The molecule has 0 aliphatic carbocycles. The van der Waals surface area contributed by atoms with Gasteiger partial charge in [0.25, 0.3) is 0 Å². The lowest BCUT2D eigenvalue weighted by Crippen LogP contribution is -2.04. The van der Waals surface area contributed by atoms with E-state index in [1.807, 2.05) is 6.92 Å². The summed E-state index contributed by atoms with van der Waals surface area (Å²) in [4.78, 5) is 10.7. The number of carbonyl (C=O) groups is 1. The molecule has 20 heavy (non-hydrogen) atoms. The molecule has 3 nitrogen and oxygen atoms in total. The first-order chi connectivity index (χ1) is 9.54. The van der Waals surface area contributed by atoms with E-state index in [4.69, 9.17) is 9.84 Å². The molecule has 0 atom stereocenters. The average Bonchev–Trinajstić information content (AvgIpc) is 2.42. The Balaban J connectivity index is 2.51. The highest BCUT2D eigenvalue weighted by molar-refractivity contribution is 5.88. The Bertz CT molecular complexity index is 654. The number of carboxylic acid groups (broad SMARTS) is 1. The van der Waals surface area contributed by atoms with Gasteiger partial charge in [0.2, 0.25) is 0 Å². The molecular formula is C15H12F2O3. The maximum absolute atomic E-state index is 13.9. The molecule has 2 rings (SSSR count). The monoisotopic (exact) mass is 278 g/mol. The van der Waals surface area contributed by atoms with Crippen molar-refractivity contribution in [3.8, 4) is 16.9 Å². The minimum Gasteiger partial charge on any atom is -0.494 e. The van der Waals surface area contributed by atoms with Crippen LogP contribution in [0.15, 0.2) is 36.4 Å². The van der Waals surface area contributed by atoms with Crippen LogP contribution >= 0.6 is 0 Å². The highest BCUT2D eigenvalue weighted by Crippen LogP contribution is 2.28. The summed E-state index contributed by atoms with van der Waals surface area (Å²) in [7, 11) is 0. The van der Waals surface area contributed by atoms with Crippen LogP contribution in [0.5, 0.6) is 5.75 Å². The SMILES string of the molecule is CCOc1cccc(-c2ccc(C(=O)O)c(F)c2F)c1. The van der Waals surface area contributed by atoms with Crippen molar-refractivity contribution in [1.29, 1.82) is 0 Å². The fourth-order valence-electron chi connectivity index (χ4n) is 1.86. The van der Waals surface area contributed by atoms with Gasteiger partial charge in [-0.25, -0.2) is 13.6 Å². The molecule has 0 saturated heterocycles. The fraction of sp³-hybridized carbons (Fsp3) is 0.133. The Kier molecular flexibility index (Phi) is 3.98. The molecule has 0 radical (unpaired) electrons. The highest BCUT2D eigenvalue weighted by Gasteiger charge is 2.18. The van der Waals surface area contributed by atoms with Crippen LogP contribution in [-0.2, 0) is 0 Å². The molecule has 0 aliphatic rings. The minimum atomic E-state index is -1.50. The zero-order chi connectivity index (χ0) is 14.7. The van der Waals surface area contributed by atoms with Gasteiger partial charge in [-0.3, -0.25) is 0 Å². The number of hydrogen-bond acceptors (Lipinski definition) is 2. The smallest absolute Gasteiger partial charge is 0.338 e. The first-order valence-corrected chi connectivity index (χ1v) is 5.99. The second-order valence-corrected chi connectivity index (χ2v) is 4.05. The van der Waals surface area contributed by atoms with E-state index in [0.29, 0.717) is 17.9 Å². The number of aromatic carboxylic acids is 1. The second kappa shape index (κ2) is 5.69. The van der Waals surface area contributed by atoms with E-state index in [9.17, 15) is 13.6 Å². The highest BCUT2D eigenvalue weighted by atomic mass is 19.2. The van der Waals surface area contributed by atoms with Crippen LogP contribution in [0.3, 0.4) is 0 Å². The van der Waals surface area contributed by atoms with Crippen molar-refractivity contribution in [3.05, 3.63) is 53.6 Å². The molecule has 5 heteroatoms. The molecule has 0 unspecified atom stereocenters. The van der Waals surface area contributed by atoms with E-state index in [2.05, 4.69) is 0 Å². The maximum atomic E-state index is 13.9. The van der Waals surface area contributed by atoms with Gasteiger partial charge in [-0.2, -0.15) is 0 Å². The summed E-state index contributed by atoms with van der Waals surface area (Å²) in [6, 6.07) is 8.81. The molecule has 2 aromatic rings. The largest absolute Gasteiger partial charge is 0.494 e. The van der Waals surface area contributed by atoms with E-state index in [-0.39, 0.29) is 5.56 Å². The zero-order valence-corrected chi connectivity index (χ0v) is 10.7. The van der Waals surface area contributed by atoms with Crippen molar-refractivity contribution >= 4 is 5.97 Å². The average molecular weight is 278 g/mol. The first-order valence-electron chi connectivity index (χ1n) is 5.99. The Morgan fingerprint density at radius 1 is 1.20 bits per heavy atom. The van der Waals surface area contributed by atoms with E-state index in [1.54, 1.807) is 24.3 Å². The molecular weight excluding hydrogens is 266 g/mol. The standard InChI is InChI=1S/C15H12F2O3/c1-2-20-10-5-3-4-9(8-10)11-6-7-12(15(18)19)14(17)13(11)16/h3-8H,2H2,1H3,(H,18,19). The van der Waals surface area contributed by atoms with Gasteiger partial charge in [-0.1, -0.05) is 18.2 Å². The summed E-state index contributed by atoms with van der Waals surface area (Å²) in [5.74, 6) is -3.52. The lowest BCUT2D eigenvalue weighted by atomic mass is 10.0. The molecule has 104 valence electrons. The van der Waals surface area contributed by atoms with Crippen molar-refractivity contribution in [2.45, 2.75) is 6.92 Å². The van der Waals surface area contributed by atoms with Crippen LogP contribution in [0.25, 0.3) is 11.1 Å². The molecule has 2 aromatic carbocycles. The lowest BCUT2D eigenvalue weighted by molar-refractivity contribution is 0.0690. The third-order valence-electron chi connectivity index (χ3n) is 2.77. The van der Waals surface area contributed by atoms with Crippen LogP contribution in [0, 0.1) is 11.6 Å². The van der Waals surface area contributed by atoms with E-state index in [1.165, 1.54) is 6.07 Å². The molecule has 0 heterocycles. The molecule has 1 N–H and O–H groups in total. The quantitative estimate of drug-likeness (QED) is 0.927. The summed E-state index contributed by atoms with van der Waals surface area (Å²) in [5, 5.41) is 8.74. The van der Waals surface area contributed by atoms with Gasteiger partial charge in [-0.15, -0.1) is 0 Å². The van der Waals surface area contributed by atoms with Gasteiger partial charge in [0, 0.05) is 5.56 Å². The summed E-state index contributed by atoms with van der Waals surface area (Å²) in [6.45, 7) is 2.27. The molecule has 0 aromatic heterocycles. The van der Waals surface area contributed by atoms with Crippen molar-refractivity contribution in [3.63, 3.8) is 0 Å². The fourth-order valence-corrected chi connectivity index (χ4v) is 1.86. The summed E-state index contributed by atoms with van der Waals surface area (Å²) in [6.07, 6.45) is 0. The van der Waals surface area contributed by atoms with Crippen LogP contribution in [0.2, 0.25) is 0 Å². The third-order valence-corrected chi connectivity index (χ3v) is 2.77. The Hall–Kier alpha value is -2.43. The zero-order valence-electron chi connectivity index (χ0n) is 10.7. The molecule has 0 aliphatic heterocycles. The maximum Gasteiger partial charge on any atom is 0.338 e. The number of rotatable bonds is 4. The van der Waals surface area contributed by atoms with Gasteiger partial charge >= 0.3 is 5.97 Å². The normalized spacial score (nSPS) is 10.3. The van der Waals surface area contributed by atoms with Crippen molar-refractivity contribution < 1.29 is 23.4 Å². The van der Waals surface area contributed by atoms with E-state index >= 15 is 0 Å². The third kappa shape index (κ3) is 2.61. The summed E-state index contributed by atoms with van der Waals surface area (Å²) in [5.41, 5.74) is -0.273. The Labute approximate surface area is 114 Å². The van der Waals surface area contributed by atoms with E-state index in [0.717, 1.165) is 6.07 Å². The van der Waals surface area contributed by atoms with Gasteiger partial charge in [0.05, 0.1) is 12.2 Å². The Morgan fingerprint density at radius 3 is 2.60 bits per heavy atom. The predicted molar refractivity (Wildman–Crippen MR) is 69.9 cm³/mol. The first kappa shape index (κ1) is 14.0. The predicted octanol–water partition coefficient (Wildman–Crippen LogP) is 3.73. The summed E-state index contributed by atoms with van der Waals surface area (Å²) >= 11 is 0. The van der Waals surface area contributed by atoms with Gasteiger partial charge in [0.1, 0.15) is 5.75 Å². The molecule has 0 spiro atoms. The van der Waals surface area contributed by atoms with Crippen LogP contribution < -0.4 is 4.74 Å². The van der Waals surface area contributed by atoms with Crippen LogP contribution in [0.4, 0.5) is 8.78 Å². The van der Waals surface area contributed by atoms with Gasteiger partial charge in [-0.05, 0) is 30.7 Å². The number of carboxylic acids is 1. The van der Waals surface area contributed by atoms with Crippen molar-refractivity contribution in [2.24, 2.45) is 0 Å². The van der Waals surface area contributed by atoms with Gasteiger partial charge < -0.3 is 9.84 Å². The van der Waals surface area contributed by atoms with Crippen LogP contribution in [0.1, 0.15) is 17.3 Å². The topological polar surface area (TPSA) is 46.5 Å². The van der Waals surface area contributed by atoms with E-state index < -0.39 is 23.2 Å². The molecule has 0 fully saturated rings. The second-order valence-electron chi connectivity index (χ2n) is 4.05. The summed E-state index contributed by atoms with van der Waals surface area (Å²) < 4.78 is 32.9. The van der Waals surface area contributed by atoms with Crippen LogP contribution in [-0.4, -0.2) is 17.7 Å². The molecule has 0 saturated carbocycles. The Morgan fingerprint density at radius 2 is 1.95 bits per heavy atom. The number of halogens is 2. The van der Waals surface area contributed by atoms with Gasteiger partial charge in [0.15, 0.2) is 11.6 Å². The number of hydrogen-bond donors (Lipinski definition) is 1. The van der Waals surface area contributed by atoms with Crippen molar-refractivity contribution in [1.82, 2.24) is 0 Å². The lowest BCUT2D eigenvalue weighted by Gasteiger charge is -2.08. The number of ether oxygens (including phenoxy) is 1. The molecule has 0 amide bonds. The van der Waals surface area contributed by atoms with Crippen molar-refractivity contribution in [2.75, 3.05) is 6.61 Å².